The van der Waals surface area contributed by atoms with E-state index in [0.29, 0.717) is 16.1 Å². The molecule has 98 valence electrons. The fraction of sp³-hybridized carbons (Fsp3) is 0.0667. The van der Waals surface area contributed by atoms with E-state index in [0.717, 1.165) is 0 Å². The van der Waals surface area contributed by atoms with E-state index >= 15 is 0 Å². The zero-order valence-electron chi connectivity index (χ0n) is 10.5. The van der Waals surface area contributed by atoms with Crippen LogP contribution in [0.15, 0.2) is 54.6 Å². The summed E-state index contributed by atoms with van der Waals surface area (Å²) in [6.45, 7) is 1.31. The highest BCUT2D eigenvalue weighted by Crippen LogP contribution is 2.14. The SMILES string of the molecule is CC(N)=O.O=C(c1ccccc1)c1cccc(Cl)c1. The molecule has 0 heterocycles. The molecule has 2 rings (SSSR count). The first-order chi connectivity index (χ1) is 9.00. The van der Waals surface area contributed by atoms with Gasteiger partial charge in [0, 0.05) is 23.1 Å². The van der Waals surface area contributed by atoms with Gasteiger partial charge in [0.1, 0.15) is 0 Å². The number of carbonyl (C=O) groups excluding carboxylic acids is 2. The van der Waals surface area contributed by atoms with Gasteiger partial charge in [-0.2, -0.15) is 0 Å². The zero-order valence-corrected chi connectivity index (χ0v) is 11.2. The molecule has 1 amide bonds. The number of benzene rings is 2. The average molecular weight is 276 g/mol. The van der Waals surface area contributed by atoms with Gasteiger partial charge in [0.15, 0.2) is 5.78 Å². The number of halogens is 1. The Kier molecular flexibility index (Phi) is 5.76. The Morgan fingerprint density at radius 1 is 0.947 bits per heavy atom. The van der Waals surface area contributed by atoms with Crippen LogP contribution in [0, 0.1) is 0 Å². The predicted octanol–water partition coefficient (Wildman–Crippen LogP) is 3.06. The van der Waals surface area contributed by atoms with Crippen LogP contribution >= 0.6 is 11.6 Å². The third-order valence-electron chi connectivity index (χ3n) is 2.12. The molecule has 0 aliphatic rings. The lowest BCUT2D eigenvalue weighted by Crippen LogP contribution is -2.01. The summed E-state index contributed by atoms with van der Waals surface area (Å²) >= 11 is 5.82. The minimum atomic E-state index is -0.333. The summed E-state index contributed by atoms with van der Waals surface area (Å²) in [5.74, 6) is -0.335. The van der Waals surface area contributed by atoms with Gasteiger partial charge in [-0.3, -0.25) is 9.59 Å². The van der Waals surface area contributed by atoms with Crippen molar-refractivity contribution in [2.24, 2.45) is 5.73 Å². The van der Waals surface area contributed by atoms with Crippen LogP contribution in [0.4, 0.5) is 0 Å². The van der Waals surface area contributed by atoms with Gasteiger partial charge in [-0.1, -0.05) is 54.1 Å². The molecule has 2 aromatic carbocycles. The van der Waals surface area contributed by atoms with Crippen molar-refractivity contribution < 1.29 is 9.59 Å². The van der Waals surface area contributed by atoms with Crippen LogP contribution in [-0.2, 0) is 4.79 Å². The molecule has 0 aliphatic carbocycles. The maximum atomic E-state index is 11.9. The Balaban J connectivity index is 0.000000399. The van der Waals surface area contributed by atoms with Crippen LogP contribution in [0.25, 0.3) is 0 Å². The predicted molar refractivity (Wildman–Crippen MR) is 76.2 cm³/mol. The molecule has 0 aromatic heterocycles. The smallest absolute Gasteiger partial charge is 0.214 e. The van der Waals surface area contributed by atoms with Crippen LogP contribution in [0.3, 0.4) is 0 Å². The molecule has 0 atom stereocenters. The van der Waals surface area contributed by atoms with Crippen LogP contribution in [0.2, 0.25) is 5.02 Å². The molecule has 0 saturated carbocycles. The lowest BCUT2D eigenvalue weighted by Gasteiger charge is -2.00. The van der Waals surface area contributed by atoms with Crippen LogP contribution in [-0.4, -0.2) is 11.7 Å². The van der Waals surface area contributed by atoms with Crippen LogP contribution < -0.4 is 5.73 Å². The fourth-order valence-corrected chi connectivity index (χ4v) is 1.58. The Bertz CT molecular complexity index is 563. The van der Waals surface area contributed by atoms with Gasteiger partial charge < -0.3 is 5.73 Å². The van der Waals surface area contributed by atoms with E-state index in [1.54, 1.807) is 36.4 Å². The molecule has 2 aromatic rings. The number of carbonyl (C=O) groups is 2. The van der Waals surface area contributed by atoms with E-state index in [1.165, 1.54) is 6.92 Å². The van der Waals surface area contributed by atoms with Gasteiger partial charge >= 0.3 is 0 Å². The lowest BCUT2D eigenvalue weighted by atomic mass is 10.0. The number of amides is 1. The summed E-state index contributed by atoms with van der Waals surface area (Å²) in [6.07, 6.45) is 0. The molecule has 3 nitrogen and oxygen atoms in total. The summed E-state index contributed by atoms with van der Waals surface area (Å²) in [7, 11) is 0. The van der Waals surface area contributed by atoms with Crippen molar-refractivity contribution in [2.75, 3.05) is 0 Å². The van der Waals surface area contributed by atoms with Crippen molar-refractivity contribution >= 4 is 23.3 Å². The molecule has 19 heavy (non-hydrogen) atoms. The number of rotatable bonds is 2. The quantitative estimate of drug-likeness (QED) is 0.856. The molecule has 0 spiro atoms. The minimum absolute atomic E-state index is 0.00176. The van der Waals surface area contributed by atoms with Crippen molar-refractivity contribution in [2.45, 2.75) is 6.92 Å². The van der Waals surface area contributed by atoms with Crippen molar-refractivity contribution in [1.29, 1.82) is 0 Å². The highest BCUT2D eigenvalue weighted by Gasteiger charge is 2.07. The van der Waals surface area contributed by atoms with Gasteiger partial charge in [-0.25, -0.2) is 0 Å². The lowest BCUT2D eigenvalue weighted by molar-refractivity contribution is -0.115. The summed E-state index contributed by atoms with van der Waals surface area (Å²) in [6, 6.07) is 16.1. The first-order valence-corrected chi connectivity index (χ1v) is 6.00. The fourth-order valence-electron chi connectivity index (χ4n) is 1.39. The maximum absolute atomic E-state index is 11.9. The van der Waals surface area contributed by atoms with Crippen LogP contribution in [0.1, 0.15) is 22.8 Å². The third-order valence-corrected chi connectivity index (χ3v) is 2.36. The van der Waals surface area contributed by atoms with Crippen molar-refractivity contribution in [3.8, 4) is 0 Å². The van der Waals surface area contributed by atoms with E-state index in [4.69, 9.17) is 11.6 Å². The van der Waals surface area contributed by atoms with Gasteiger partial charge in [0.05, 0.1) is 0 Å². The van der Waals surface area contributed by atoms with Gasteiger partial charge in [0.25, 0.3) is 0 Å². The number of primary amides is 1. The average Bonchev–Trinajstić information content (AvgIpc) is 2.38. The summed E-state index contributed by atoms with van der Waals surface area (Å²) in [4.78, 5) is 21.2. The monoisotopic (exact) mass is 275 g/mol. The normalized spacial score (nSPS) is 9.16. The molecule has 0 fully saturated rings. The van der Waals surface area contributed by atoms with Crippen molar-refractivity contribution in [3.05, 3.63) is 70.7 Å². The van der Waals surface area contributed by atoms with Crippen molar-refractivity contribution in [1.82, 2.24) is 0 Å². The second-order valence-corrected chi connectivity index (χ2v) is 4.25. The first kappa shape index (κ1) is 14.9. The van der Waals surface area contributed by atoms with Gasteiger partial charge in [-0.05, 0) is 12.1 Å². The molecular formula is C15H14ClNO2. The van der Waals surface area contributed by atoms with E-state index in [2.05, 4.69) is 5.73 Å². The third kappa shape index (κ3) is 5.36. The molecule has 0 saturated heterocycles. The molecular weight excluding hydrogens is 262 g/mol. The van der Waals surface area contributed by atoms with E-state index in [9.17, 15) is 9.59 Å². The second kappa shape index (κ2) is 7.34. The topological polar surface area (TPSA) is 60.2 Å². The van der Waals surface area contributed by atoms with Crippen LogP contribution in [0.5, 0.6) is 0 Å². The summed E-state index contributed by atoms with van der Waals surface area (Å²) in [5.41, 5.74) is 5.77. The number of hydrogen-bond acceptors (Lipinski definition) is 2. The maximum Gasteiger partial charge on any atom is 0.214 e. The molecule has 0 radical (unpaired) electrons. The highest BCUT2D eigenvalue weighted by molar-refractivity contribution is 6.31. The Hall–Kier alpha value is -2.13. The molecule has 0 bridgehead atoms. The number of nitrogens with two attached hydrogens (primary N) is 1. The Morgan fingerprint density at radius 3 is 2.00 bits per heavy atom. The highest BCUT2D eigenvalue weighted by atomic mass is 35.5. The Labute approximate surface area is 117 Å². The van der Waals surface area contributed by atoms with Gasteiger partial charge in [0.2, 0.25) is 5.91 Å². The van der Waals surface area contributed by atoms with Crippen molar-refractivity contribution in [3.63, 3.8) is 0 Å². The van der Waals surface area contributed by atoms with E-state index < -0.39 is 0 Å². The second-order valence-electron chi connectivity index (χ2n) is 3.82. The first-order valence-electron chi connectivity index (χ1n) is 5.62. The van der Waals surface area contributed by atoms with Gasteiger partial charge in [-0.15, -0.1) is 0 Å². The number of hydrogen-bond donors (Lipinski definition) is 1. The van der Waals surface area contributed by atoms with E-state index in [1.807, 2.05) is 18.2 Å². The summed E-state index contributed by atoms with van der Waals surface area (Å²) in [5, 5.41) is 0.580. The summed E-state index contributed by atoms with van der Waals surface area (Å²) < 4.78 is 0. The molecule has 0 unspecified atom stereocenters. The standard InChI is InChI=1S/C13H9ClO.C2H5NO/c14-12-8-4-7-11(9-12)13(15)10-5-2-1-3-6-10;1-2(3)4/h1-9H;1H3,(H2,3,4). The molecule has 0 aliphatic heterocycles. The minimum Gasteiger partial charge on any atom is -0.370 e. The molecule has 2 N–H and O–H groups in total. The number of ketones is 1. The Morgan fingerprint density at radius 2 is 1.47 bits per heavy atom. The zero-order chi connectivity index (χ0) is 14.3. The largest absolute Gasteiger partial charge is 0.370 e. The van der Waals surface area contributed by atoms with E-state index in [-0.39, 0.29) is 11.7 Å². The molecule has 4 heteroatoms.